The SMILES string of the molecule is Cn1ccnc1-c1ccc(N2CCCN(C(=O)OCc3ccccc3)CC2)cc1. The largest absolute Gasteiger partial charge is 0.445 e. The molecule has 3 aromatic rings. The van der Waals surface area contributed by atoms with Gasteiger partial charge in [0.25, 0.3) is 0 Å². The predicted molar refractivity (Wildman–Crippen MR) is 114 cm³/mol. The van der Waals surface area contributed by atoms with Crippen LogP contribution in [0, 0.1) is 0 Å². The summed E-state index contributed by atoms with van der Waals surface area (Å²) in [4.78, 5) is 21.0. The van der Waals surface area contributed by atoms with Crippen LogP contribution in [0.4, 0.5) is 10.5 Å². The maximum absolute atomic E-state index is 12.5. The summed E-state index contributed by atoms with van der Waals surface area (Å²) < 4.78 is 7.51. The van der Waals surface area contributed by atoms with Crippen molar-refractivity contribution in [1.29, 1.82) is 0 Å². The van der Waals surface area contributed by atoms with E-state index in [1.165, 1.54) is 5.69 Å². The minimum Gasteiger partial charge on any atom is -0.445 e. The van der Waals surface area contributed by atoms with Crippen molar-refractivity contribution in [3.05, 3.63) is 72.6 Å². The number of hydrogen-bond donors (Lipinski definition) is 0. The molecule has 4 rings (SSSR count). The van der Waals surface area contributed by atoms with E-state index < -0.39 is 0 Å². The number of carbonyl (C=O) groups excluding carboxylic acids is 1. The lowest BCUT2D eigenvalue weighted by Crippen LogP contribution is -2.35. The first-order chi connectivity index (χ1) is 14.2. The van der Waals surface area contributed by atoms with Gasteiger partial charge >= 0.3 is 6.09 Å². The Morgan fingerprint density at radius 3 is 2.52 bits per heavy atom. The molecule has 150 valence electrons. The van der Waals surface area contributed by atoms with Gasteiger partial charge in [0.1, 0.15) is 12.4 Å². The van der Waals surface area contributed by atoms with Crippen LogP contribution in [0.15, 0.2) is 67.0 Å². The van der Waals surface area contributed by atoms with Gasteiger partial charge in [-0.15, -0.1) is 0 Å². The van der Waals surface area contributed by atoms with Gasteiger partial charge < -0.3 is 19.1 Å². The molecule has 0 N–H and O–H groups in total. The Bertz CT molecular complexity index is 937. The highest BCUT2D eigenvalue weighted by molar-refractivity contribution is 5.68. The molecule has 6 nitrogen and oxygen atoms in total. The van der Waals surface area contributed by atoms with E-state index in [1.54, 1.807) is 0 Å². The number of aryl methyl sites for hydroxylation is 1. The van der Waals surface area contributed by atoms with Crippen LogP contribution in [0.1, 0.15) is 12.0 Å². The van der Waals surface area contributed by atoms with Gasteiger partial charge in [-0.3, -0.25) is 0 Å². The molecule has 0 aliphatic carbocycles. The number of aromatic nitrogens is 2. The first-order valence-corrected chi connectivity index (χ1v) is 9.99. The second kappa shape index (κ2) is 8.82. The van der Waals surface area contributed by atoms with Crippen LogP contribution >= 0.6 is 0 Å². The van der Waals surface area contributed by atoms with Gasteiger partial charge in [-0.1, -0.05) is 30.3 Å². The smallest absolute Gasteiger partial charge is 0.410 e. The molecule has 1 aliphatic heterocycles. The first kappa shape index (κ1) is 19.1. The fourth-order valence-corrected chi connectivity index (χ4v) is 3.63. The topological polar surface area (TPSA) is 50.6 Å². The highest BCUT2D eigenvalue weighted by Crippen LogP contribution is 2.23. The van der Waals surface area contributed by atoms with Crippen molar-refractivity contribution in [2.45, 2.75) is 13.0 Å². The number of hydrogen-bond acceptors (Lipinski definition) is 4. The molecule has 1 fully saturated rings. The van der Waals surface area contributed by atoms with E-state index in [2.05, 4.69) is 34.1 Å². The summed E-state index contributed by atoms with van der Waals surface area (Å²) >= 11 is 0. The van der Waals surface area contributed by atoms with Gasteiger partial charge in [-0.25, -0.2) is 9.78 Å². The van der Waals surface area contributed by atoms with E-state index in [-0.39, 0.29) is 6.09 Å². The molecule has 1 saturated heterocycles. The van der Waals surface area contributed by atoms with E-state index in [0.717, 1.165) is 43.0 Å². The molecule has 0 radical (unpaired) electrons. The lowest BCUT2D eigenvalue weighted by molar-refractivity contribution is 0.0986. The average molecular weight is 390 g/mol. The van der Waals surface area contributed by atoms with Crippen molar-refractivity contribution in [1.82, 2.24) is 14.5 Å². The number of benzene rings is 2. The van der Waals surface area contributed by atoms with E-state index in [0.29, 0.717) is 13.2 Å². The Hall–Kier alpha value is -3.28. The molecule has 0 spiro atoms. The maximum Gasteiger partial charge on any atom is 0.410 e. The summed E-state index contributed by atoms with van der Waals surface area (Å²) in [6, 6.07) is 18.3. The zero-order valence-corrected chi connectivity index (χ0v) is 16.7. The monoisotopic (exact) mass is 390 g/mol. The molecule has 2 aromatic carbocycles. The molecule has 1 amide bonds. The van der Waals surface area contributed by atoms with Gasteiger partial charge in [0.2, 0.25) is 0 Å². The standard InChI is InChI=1S/C23H26N4O2/c1-25-15-12-24-22(25)20-8-10-21(11-9-20)26-13-5-14-27(17-16-26)23(28)29-18-19-6-3-2-4-7-19/h2-4,6-12,15H,5,13-14,16-18H2,1H3. The second-order valence-electron chi connectivity index (χ2n) is 7.28. The zero-order chi connectivity index (χ0) is 20.1. The van der Waals surface area contributed by atoms with Crippen molar-refractivity contribution >= 4 is 11.8 Å². The molecule has 0 atom stereocenters. The fraction of sp³-hybridized carbons (Fsp3) is 0.304. The van der Waals surface area contributed by atoms with Crippen LogP contribution < -0.4 is 4.90 Å². The van der Waals surface area contributed by atoms with E-state index in [9.17, 15) is 4.79 Å². The van der Waals surface area contributed by atoms with Crippen molar-refractivity contribution < 1.29 is 9.53 Å². The number of carbonyl (C=O) groups is 1. The van der Waals surface area contributed by atoms with Crippen LogP contribution in [0.5, 0.6) is 0 Å². The number of rotatable bonds is 4. The normalized spacial score (nSPS) is 14.5. The Labute approximate surface area is 171 Å². The van der Waals surface area contributed by atoms with Crippen LogP contribution in [0.3, 0.4) is 0 Å². The van der Waals surface area contributed by atoms with Gasteiger partial charge in [0.05, 0.1) is 0 Å². The average Bonchev–Trinajstić information content (AvgIpc) is 3.04. The van der Waals surface area contributed by atoms with Gasteiger partial charge in [0, 0.05) is 56.9 Å². The Morgan fingerprint density at radius 2 is 1.79 bits per heavy atom. The summed E-state index contributed by atoms with van der Waals surface area (Å²) in [5.74, 6) is 0.958. The molecule has 29 heavy (non-hydrogen) atoms. The van der Waals surface area contributed by atoms with E-state index >= 15 is 0 Å². The van der Waals surface area contributed by atoms with Crippen LogP contribution in [0.25, 0.3) is 11.4 Å². The highest BCUT2D eigenvalue weighted by Gasteiger charge is 2.20. The summed E-state index contributed by atoms with van der Waals surface area (Å²) in [5, 5.41) is 0. The lowest BCUT2D eigenvalue weighted by atomic mass is 10.2. The molecule has 6 heteroatoms. The predicted octanol–water partition coefficient (Wildman–Crippen LogP) is 3.94. The summed E-state index contributed by atoms with van der Waals surface area (Å²) in [6.45, 7) is 3.41. The van der Waals surface area contributed by atoms with E-state index in [1.807, 2.05) is 59.2 Å². The second-order valence-corrected chi connectivity index (χ2v) is 7.28. The number of ether oxygens (including phenoxy) is 1. The van der Waals surface area contributed by atoms with E-state index in [4.69, 9.17) is 4.74 Å². The Balaban J connectivity index is 1.33. The molecule has 2 heterocycles. The first-order valence-electron chi connectivity index (χ1n) is 9.99. The van der Waals surface area contributed by atoms with Crippen LogP contribution in [-0.2, 0) is 18.4 Å². The molecule has 0 bridgehead atoms. The van der Waals surface area contributed by atoms with Crippen molar-refractivity contribution in [2.75, 3.05) is 31.1 Å². The lowest BCUT2D eigenvalue weighted by Gasteiger charge is -2.23. The fourth-order valence-electron chi connectivity index (χ4n) is 3.63. The third-order valence-electron chi connectivity index (χ3n) is 5.27. The third-order valence-corrected chi connectivity index (χ3v) is 5.27. The summed E-state index contributed by atoms with van der Waals surface area (Å²) in [7, 11) is 2.00. The zero-order valence-electron chi connectivity index (χ0n) is 16.7. The number of anilines is 1. The molecule has 0 unspecified atom stereocenters. The van der Waals surface area contributed by atoms with Gasteiger partial charge in [-0.05, 0) is 36.2 Å². The Morgan fingerprint density at radius 1 is 1.00 bits per heavy atom. The maximum atomic E-state index is 12.5. The number of amides is 1. The third kappa shape index (κ3) is 4.59. The summed E-state index contributed by atoms with van der Waals surface area (Å²) in [6.07, 6.45) is 4.44. The minimum absolute atomic E-state index is 0.235. The van der Waals surface area contributed by atoms with Crippen molar-refractivity contribution in [3.8, 4) is 11.4 Å². The molecule has 0 saturated carbocycles. The minimum atomic E-state index is -0.235. The van der Waals surface area contributed by atoms with Crippen LogP contribution in [-0.4, -0.2) is 46.7 Å². The van der Waals surface area contributed by atoms with Crippen molar-refractivity contribution in [2.24, 2.45) is 7.05 Å². The quantitative estimate of drug-likeness (QED) is 0.677. The molecule has 1 aliphatic rings. The number of nitrogens with zero attached hydrogens (tertiary/aromatic N) is 4. The summed E-state index contributed by atoms with van der Waals surface area (Å²) in [5.41, 5.74) is 3.27. The molecular formula is C23H26N4O2. The molecular weight excluding hydrogens is 364 g/mol. The van der Waals surface area contributed by atoms with Gasteiger partial charge in [0.15, 0.2) is 0 Å². The number of imidazole rings is 1. The van der Waals surface area contributed by atoms with Crippen molar-refractivity contribution in [3.63, 3.8) is 0 Å². The molecule has 1 aromatic heterocycles. The Kier molecular flexibility index (Phi) is 5.79. The van der Waals surface area contributed by atoms with Crippen LogP contribution in [0.2, 0.25) is 0 Å². The van der Waals surface area contributed by atoms with Gasteiger partial charge in [-0.2, -0.15) is 0 Å². The highest BCUT2D eigenvalue weighted by atomic mass is 16.6.